The molecule has 0 amide bonds. The normalized spacial score (nSPS) is 18.2. The molecule has 2 heterocycles. The molecule has 0 aliphatic carbocycles. The smallest absolute Gasteiger partial charge is 0.211 e. The SMILES string of the molecule is CS(=O)(=O)N1CCC=C(c2ccccn2)C1. The fourth-order valence-electron chi connectivity index (χ4n) is 1.74. The van der Waals surface area contributed by atoms with Crippen molar-refractivity contribution in [3.8, 4) is 0 Å². The van der Waals surface area contributed by atoms with Crippen molar-refractivity contribution in [2.24, 2.45) is 0 Å². The summed E-state index contributed by atoms with van der Waals surface area (Å²) in [4.78, 5) is 4.23. The molecular weight excluding hydrogens is 224 g/mol. The largest absolute Gasteiger partial charge is 0.257 e. The molecule has 0 atom stereocenters. The zero-order chi connectivity index (χ0) is 11.6. The average molecular weight is 238 g/mol. The summed E-state index contributed by atoms with van der Waals surface area (Å²) in [5.41, 5.74) is 1.84. The molecule has 1 aromatic rings. The molecular formula is C11H14N2O2S. The van der Waals surface area contributed by atoms with E-state index in [1.165, 1.54) is 10.6 Å². The van der Waals surface area contributed by atoms with E-state index >= 15 is 0 Å². The zero-order valence-corrected chi connectivity index (χ0v) is 9.94. The zero-order valence-electron chi connectivity index (χ0n) is 9.13. The number of sulfonamides is 1. The third-order valence-corrected chi connectivity index (χ3v) is 3.83. The van der Waals surface area contributed by atoms with Gasteiger partial charge in [0.25, 0.3) is 0 Å². The van der Waals surface area contributed by atoms with Gasteiger partial charge in [0.1, 0.15) is 0 Å². The highest BCUT2D eigenvalue weighted by Crippen LogP contribution is 2.20. The molecule has 0 spiro atoms. The number of hydrogen-bond acceptors (Lipinski definition) is 3. The van der Waals surface area contributed by atoms with Crippen LogP contribution < -0.4 is 0 Å². The topological polar surface area (TPSA) is 50.3 Å². The monoisotopic (exact) mass is 238 g/mol. The third kappa shape index (κ3) is 2.48. The summed E-state index contributed by atoms with van der Waals surface area (Å²) in [6.45, 7) is 0.991. The molecule has 1 aliphatic rings. The first kappa shape index (κ1) is 11.3. The van der Waals surface area contributed by atoms with E-state index in [-0.39, 0.29) is 0 Å². The lowest BCUT2D eigenvalue weighted by Crippen LogP contribution is -2.34. The number of rotatable bonds is 2. The Labute approximate surface area is 95.7 Å². The van der Waals surface area contributed by atoms with Crippen LogP contribution in [0, 0.1) is 0 Å². The summed E-state index contributed by atoms with van der Waals surface area (Å²) in [7, 11) is -3.10. The molecule has 0 radical (unpaired) electrons. The summed E-state index contributed by atoms with van der Waals surface area (Å²) in [6.07, 6.45) is 5.77. The van der Waals surface area contributed by atoms with Gasteiger partial charge in [-0.1, -0.05) is 12.1 Å². The quantitative estimate of drug-likeness (QED) is 0.776. The van der Waals surface area contributed by atoms with Crippen molar-refractivity contribution in [3.05, 3.63) is 36.2 Å². The first-order chi connectivity index (χ1) is 7.57. The molecule has 0 unspecified atom stereocenters. The highest BCUT2D eigenvalue weighted by molar-refractivity contribution is 7.88. The van der Waals surface area contributed by atoms with Crippen molar-refractivity contribution < 1.29 is 8.42 Å². The Bertz CT molecular complexity index is 494. The molecule has 0 saturated carbocycles. The maximum atomic E-state index is 11.4. The number of hydrogen-bond donors (Lipinski definition) is 0. The minimum atomic E-state index is -3.10. The van der Waals surface area contributed by atoms with Gasteiger partial charge in [-0.15, -0.1) is 0 Å². The van der Waals surface area contributed by atoms with E-state index in [0.29, 0.717) is 13.1 Å². The fraction of sp³-hybridized carbons (Fsp3) is 0.364. The Hall–Kier alpha value is -1.20. The minimum absolute atomic E-state index is 0.426. The van der Waals surface area contributed by atoms with Gasteiger partial charge in [0.05, 0.1) is 11.9 Å². The summed E-state index contributed by atoms with van der Waals surface area (Å²) >= 11 is 0. The summed E-state index contributed by atoms with van der Waals surface area (Å²) in [5, 5.41) is 0. The van der Waals surface area contributed by atoms with Gasteiger partial charge in [-0.05, 0) is 24.1 Å². The Kier molecular flexibility index (Phi) is 3.07. The Morgan fingerprint density at radius 2 is 2.19 bits per heavy atom. The first-order valence-electron chi connectivity index (χ1n) is 5.13. The van der Waals surface area contributed by atoms with Crippen LogP contribution in [0.15, 0.2) is 30.5 Å². The summed E-state index contributed by atoms with van der Waals surface area (Å²) in [6, 6.07) is 5.65. The van der Waals surface area contributed by atoms with Gasteiger partial charge in [0.2, 0.25) is 10.0 Å². The predicted octanol–water partition coefficient (Wildman–Crippen LogP) is 1.13. The number of pyridine rings is 1. The standard InChI is InChI=1S/C11H14N2O2S/c1-16(14,15)13-8-4-5-10(9-13)11-6-2-3-7-12-11/h2-3,5-7H,4,8-9H2,1H3. The van der Waals surface area contributed by atoms with Crippen LogP contribution in [0.1, 0.15) is 12.1 Å². The van der Waals surface area contributed by atoms with Crippen LogP contribution in [0.3, 0.4) is 0 Å². The van der Waals surface area contributed by atoms with Crippen LogP contribution in [0.5, 0.6) is 0 Å². The maximum Gasteiger partial charge on any atom is 0.211 e. The highest BCUT2D eigenvalue weighted by atomic mass is 32.2. The Morgan fingerprint density at radius 1 is 1.38 bits per heavy atom. The molecule has 0 fully saturated rings. The van der Waals surface area contributed by atoms with E-state index in [9.17, 15) is 8.42 Å². The van der Waals surface area contributed by atoms with Crippen LogP contribution >= 0.6 is 0 Å². The summed E-state index contributed by atoms with van der Waals surface area (Å²) < 4.78 is 24.4. The van der Waals surface area contributed by atoms with Gasteiger partial charge in [-0.3, -0.25) is 4.98 Å². The van der Waals surface area contributed by atoms with E-state index in [1.54, 1.807) is 6.20 Å². The van der Waals surface area contributed by atoms with Gasteiger partial charge < -0.3 is 0 Å². The van der Waals surface area contributed by atoms with E-state index in [1.807, 2.05) is 18.2 Å². The maximum absolute atomic E-state index is 11.4. The molecule has 1 aliphatic heterocycles. The van der Waals surface area contributed by atoms with Gasteiger partial charge in [-0.25, -0.2) is 8.42 Å². The Balaban J connectivity index is 2.23. The third-order valence-electron chi connectivity index (χ3n) is 2.58. The van der Waals surface area contributed by atoms with E-state index < -0.39 is 10.0 Å². The van der Waals surface area contributed by atoms with Crippen LogP contribution in [0.25, 0.3) is 5.57 Å². The molecule has 0 aromatic carbocycles. The lowest BCUT2D eigenvalue weighted by molar-refractivity contribution is 0.447. The minimum Gasteiger partial charge on any atom is -0.257 e. The van der Waals surface area contributed by atoms with Crippen molar-refractivity contribution in [2.75, 3.05) is 19.3 Å². The van der Waals surface area contributed by atoms with Gasteiger partial charge in [-0.2, -0.15) is 4.31 Å². The van der Waals surface area contributed by atoms with Crippen LogP contribution in [-0.2, 0) is 10.0 Å². The van der Waals surface area contributed by atoms with Crippen molar-refractivity contribution >= 4 is 15.6 Å². The summed E-state index contributed by atoms with van der Waals surface area (Å²) in [5.74, 6) is 0. The second-order valence-electron chi connectivity index (χ2n) is 3.83. The molecule has 1 aromatic heterocycles. The predicted molar refractivity (Wildman–Crippen MR) is 63.2 cm³/mol. The fourth-order valence-corrected chi connectivity index (χ4v) is 2.55. The average Bonchev–Trinajstić information content (AvgIpc) is 2.29. The Morgan fingerprint density at radius 3 is 2.81 bits per heavy atom. The van der Waals surface area contributed by atoms with Crippen LogP contribution in [0.2, 0.25) is 0 Å². The van der Waals surface area contributed by atoms with Crippen molar-refractivity contribution in [1.82, 2.24) is 9.29 Å². The van der Waals surface area contributed by atoms with Crippen molar-refractivity contribution in [1.29, 1.82) is 0 Å². The molecule has 4 nitrogen and oxygen atoms in total. The molecule has 0 bridgehead atoms. The second kappa shape index (κ2) is 4.35. The van der Waals surface area contributed by atoms with Gasteiger partial charge >= 0.3 is 0 Å². The van der Waals surface area contributed by atoms with Crippen molar-refractivity contribution in [2.45, 2.75) is 6.42 Å². The van der Waals surface area contributed by atoms with Gasteiger partial charge in [0.15, 0.2) is 0 Å². The molecule has 0 saturated heterocycles. The van der Waals surface area contributed by atoms with E-state index in [0.717, 1.165) is 17.7 Å². The number of nitrogens with zero attached hydrogens (tertiary/aromatic N) is 2. The van der Waals surface area contributed by atoms with Gasteiger partial charge in [0, 0.05) is 19.3 Å². The van der Waals surface area contributed by atoms with E-state index in [4.69, 9.17) is 0 Å². The molecule has 2 rings (SSSR count). The second-order valence-corrected chi connectivity index (χ2v) is 5.81. The number of aromatic nitrogens is 1. The van der Waals surface area contributed by atoms with E-state index in [2.05, 4.69) is 11.1 Å². The molecule has 5 heteroatoms. The van der Waals surface area contributed by atoms with Crippen molar-refractivity contribution in [3.63, 3.8) is 0 Å². The van der Waals surface area contributed by atoms with Crippen LogP contribution in [0.4, 0.5) is 0 Å². The van der Waals surface area contributed by atoms with Crippen LogP contribution in [-0.4, -0.2) is 37.1 Å². The lowest BCUT2D eigenvalue weighted by Gasteiger charge is -2.24. The highest BCUT2D eigenvalue weighted by Gasteiger charge is 2.21. The lowest BCUT2D eigenvalue weighted by atomic mass is 10.1. The molecule has 86 valence electrons. The molecule has 0 N–H and O–H groups in total. The first-order valence-corrected chi connectivity index (χ1v) is 6.98. The molecule has 16 heavy (non-hydrogen) atoms.